The van der Waals surface area contributed by atoms with Gasteiger partial charge in [0.25, 0.3) is 5.91 Å². The third-order valence-corrected chi connectivity index (χ3v) is 2.88. The van der Waals surface area contributed by atoms with Crippen LogP contribution in [-0.2, 0) is 4.79 Å². The van der Waals surface area contributed by atoms with Crippen LogP contribution in [0.25, 0.3) is 0 Å². The number of imide groups is 1. The SMILES string of the molecule is CC(Oc1cc(Br)ccc1C(C)N)C(=O)NC(N)=O. The van der Waals surface area contributed by atoms with Gasteiger partial charge in [-0.2, -0.15) is 0 Å². The van der Waals surface area contributed by atoms with Crippen molar-refractivity contribution in [3.8, 4) is 5.75 Å². The number of carbonyl (C=O) groups is 2. The molecule has 0 aliphatic heterocycles. The molecule has 0 radical (unpaired) electrons. The summed E-state index contributed by atoms with van der Waals surface area (Å²) in [6, 6.07) is 4.20. The van der Waals surface area contributed by atoms with E-state index in [1.54, 1.807) is 6.07 Å². The van der Waals surface area contributed by atoms with Crippen molar-refractivity contribution in [2.45, 2.75) is 26.0 Å². The molecule has 104 valence electrons. The summed E-state index contributed by atoms with van der Waals surface area (Å²) in [4.78, 5) is 22.1. The first-order chi connectivity index (χ1) is 8.81. The Balaban J connectivity index is 2.89. The molecule has 3 amide bonds. The number of amides is 3. The van der Waals surface area contributed by atoms with Crippen LogP contribution in [0.1, 0.15) is 25.5 Å². The van der Waals surface area contributed by atoms with Crippen LogP contribution in [0.4, 0.5) is 4.79 Å². The minimum Gasteiger partial charge on any atom is -0.480 e. The zero-order valence-electron chi connectivity index (χ0n) is 10.6. The Labute approximate surface area is 119 Å². The normalized spacial score (nSPS) is 13.5. The summed E-state index contributed by atoms with van der Waals surface area (Å²) >= 11 is 3.32. The lowest BCUT2D eigenvalue weighted by molar-refractivity contribution is -0.126. The molecule has 0 saturated carbocycles. The van der Waals surface area contributed by atoms with E-state index < -0.39 is 18.0 Å². The summed E-state index contributed by atoms with van der Waals surface area (Å²) < 4.78 is 6.32. The highest BCUT2D eigenvalue weighted by Crippen LogP contribution is 2.28. The summed E-state index contributed by atoms with van der Waals surface area (Å²) in [5.74, 6) is -0.125. The quantitative estimate of drug-likeness (QED) is 0.776. The summed E-state index contributed by atoms with van der Waals surface area (Å²) in [7, 11) is 0. The number of carbonyl (C=O) groups excluding carboxylic acids is 2. The molecule has 19 heavy (non-hydrogen) atoms. The zero-order valence-corrected chi connectivity index (χ0v) is 12.2. The molecule has 0 aromatic heterocycles. The van der Waals surface area contributed by atoms with Crippen molar-refractivity contribution >= 4 is 27.9 Å². The number of hydrogen-bond donors (Lipinski definition) is 3. The van der Waals surface area contributed by atoms with Crippen molar-refractivity contribution in [1.82, 2.24) is 5.32 Å². The van der Waals surface area contributed by atoms with E-state index in [-0.39, 0.29) is 6.04 Å². The highest BCUT2D eigenvalue weighted by atomic mass is 79.9. The summed E-state index contributed by atoms with van der Waals surface area (Å²) in [5, 5.41) is 1.96. The number of primary amides is 1. The summed E-state index contributed by atoms with van der Waals surface area (Å²) in [6.45, 7) is 3.33. The van der Waals surface area contributed by atoms with Gasteiger partial charge in [0.15, 0.2) is 6.10 Å². The zero-order chi connectivity index (χ0) is 14.6. The topological polar surface area (TPSA) is 107 Å². The Bertz CT molecular complexity index is 491. The molecule has 1 aromatic carbocycles. The molecule has 1 aromatic rings. The smallest absolute Gasteiger partial charge is 0.318 e. The van der Waals surface area contributed by atoms with E-state index in [1.165, 1.54) is 6.92 Å². The van der Waals surface area contributed by atoms with Gasteiger partial charge in [-0.05, 0) is 26.0 Å². The van der Waals surface area contributed by atoms with Crippen LogP contribution in [0.15, 0.2) is 22.7 Å². The van der Waals surface area contributed by atoms with Gasteiger partial charge < -0.3 is 16.2 Å². The Kier molecular flexibility index (Phi) is 5.31. The standard InChI is InChI=1S/C12H16BrN3O3/c1-6(14)9-4-3-8(13)5-10(9)19-7(2)11(17)16-12(15)18/h3-7H,14H2,1-2H3,(H3,15,16,17,18). The number of nitrogens with two attached hydrogens (primary N) is 2. The fraction of sp³-hybridized carbons (Fsp3) is 0.333. The highest BCUT2D eigenvalue weighted by molar-refractivity contribution is 9.10. The molecular weight excluding hydrogens is 314 g/mol. The Morgan fingerprint density at radius 1 is 1.37 bits per heavy atom. The Morgan fingerprint density at radius 2 is 2.00 bits per heavy atom. The maximum absolute atomic E-state index is 11.5. The molecule has 0 spiro atoms. The van der Waals surface area contributed by atoms with E-state index >= 15 is 0 Å². The summed E-state index contributed by atoms with van der Waals surface area (Å²) in [5.41, 5.74) is 11.5. The number of nitrogens with one attached hydrogen (secondary N) is 1. The lowest BCUT2D eigenvalue weighted by atomic mass is 10.1. The van der Waals surface area contributed by atoms with Gasteiger partial charge in [0.1, 0.15) is 5.75 Å². The van der Waals surface area contributed by atoms with Crippen LogP contribution < -0.4 is 21.5 Å². The van der Waals surface area contributed by atoms with Crippen molar-refractivity contribution in [3.63, 3.8) is 0 Å². The predicted molar refractivity (Wildman–Crippen MR) is 74.6 cm³/mol. The van der Waals surface area contributed by atoms with Crippen LogP contribution in [0, 0.1) is 0 Å². The molecular formula is C12H16BrN3O3. The first-order valence-electron chi connectivity index (χ1n) is 5.63. The van der Waals surface area contributed by atoms with Gasteiger partial charge in [-0.1, -0.05) is 22.0 Å². The maximum atomic E-state index is 11.5. The largest absolute Gasteiger partial charge is 0.480 e. The lowest BCUT2D eigenvalue weighted by Gasteiger charge is -2.18. The van der Waals surface area contributed by atoms with E-state index in [0.717, 1.165) is 10.0 Å². The van der Waals surface area contributed by atoms with Crippen LogP contribution in [0.2, 0.25) is 0 Å². The molecule has 2 atom stereocenters. The molecule has 0 bridgehead atoms. The number of hydrogen-bond acceptors (Lipinski definition) is 4. The number of rotatable bonds is 4. The van der Waals surface area contributed by atoms with Crippen LogP contribution in [0.3, 0.4) is 0 Å². The molecule has 1 rings (SSSR count). The van der Waals surface area contributed by atoms with E-state index in [1.807, 2.05) is 24.4 Å². The van der Waals surface area contributed by atoms with E-state index in [9.17, 15) is 9.59 Å². The number of halogens is 1. The third kappa shape index (κ3) is 4.53. The molecule has 7 heteroatoms. The molecule has 5 N–H and O–H groups in total. The van der Waals surface area contributed by atoms with Crippen molar-refractivity contribution in [3.05, 3.63) is 28.2 Å². The van der Waals surface area contributed by atoms with Crippen molar-refractivity contribution in [2.24, 2.45) is 11.5 Å². The van der Waals surface area contributed by atoms with Crippen LogP contribution in [-0.4, -0.2) is 18.0 Å². The average Bonchev–Trinajstić information content (AvgIpc) is 2.27. The molecule has 0 saturated heterocycles. The molecule has 0 aliphatic carbocycles. The summed E-state index contributed by atoms with van der Waals surface area (Å²) in [6.07, 6.45) is -0.862. The van der Waals surface area contributed by atoms with Gasteiger partial charge in [0, 0.05) is 16.1 Å². The van der Waals surface area contributed by atoms with Gasteiger partial charge in [-0.25, -0.2) is 4.79 Å². The predicted octanol–water partition coefficient (Wildman–Crippen LogP) is 1.43. The molecule has 6 nitrogen and oxygen atoms in total. The fourth-order valence-corrected chi connectivity index (χ4v) is 1.79. The van der Waals surface area contributed by atoms with E-state index in [2.05, 4.69) is 15.9 Å². The van der Waals surface area contributed by atoms with E-state index in [0.29, 0.717) is 5.75 Å². The highest BCUT2D eigenvalue weighted by Gasteiger charge is 2.18. The second-order valence-corrected chi connectivity index (χ2v) is 5.00. The monoisotopic (exact) mass is 329 g/mol. The second kappa shape index (κ2) is 6.53. The number of urea groups is 1. The molecule has 0 fully saturated rings. The van der Waals surface area contributed by atoms with E-state index in [4.69, 9.17) is 16.2 Å². The van der Waals surface area contributed by atoms with Gasteiger partial charge in [0.2, 0.25) is 0 Å². The minimum absolute atomic E-state index is 0.241. The van der Waals surface area contributed by atoms with Crippen LogP contribution in [0.5, 0.6) is 5.75 Å². The molecule has 0 heterocycles. The van der Waals surface area contributed by atoms with Gasteiger partial charge in [0.05, 0.1) is 0 Å². The first-order valence-corrected chi connectivity index (χ1v) is 6.42. The van der Waals surface area contributed by atoms with Gasteiger partial charge in [-0.3, -0.25) is 10.1 Å². The molecule has 0 aliphatic rings. The van der Waals surface area contributed by atoms with Crippen LogP contribution >= 0.6 is 15.9 Å². The number of benzene rings is 1. The minimum atomic E-state index is -0.915. The third-order valence-electron chi connectivity index (χ3n) is 2.39. The fourth-order valence-electron chi connectivity index (χ4n) is 1.45. The van der Waals surface area contributed by atoms with Crippen molar-refractivity contribution in [2.75, 3.05) is 0 Å². The first kappa shape index (κ1) is 15.5. The lowest BCUT2D eigenvalue weighted by Crippen LogP contribution is -2.42. The maximum Gasteiger partial charge on any atom is 0.318 e. The van der Waals surface area contributed by atoms with Gasteiger partial charge in [-0.15, -0.1) is 0 Å². The second-order valence-electron chi connectivity index (χ2n) is 4.08. The van der Waals surface area contributed by atoms with Crippen molar-refractivity contribution < 1.29 is 14.3 Å². The van der Waals surface area contributed by atoms with Gasteiger partial charge >= 0.3 is 6.03 Å². The average molecular weight is 330 g/mol. The molecule has 2 unspecified atom stereocenters. The Hall–Kier alpha value is -1.60. The van der Waals surface area contributed by atoms with Crippen molar-refractivity contribution in [1.29, 1.82) is 0 Å². The number of ether oxygens (including phenoxy) is 1. The Morgan fingerprint density at radius 3 is 2.53 bits per heavy atom.